The van der Waals surface area contributed by atoms with Gasteiger partial charge < -0.3 is 24.1 Å². The van der Waals surface area contributed by atoms with Crippen molar-refractivity contribution in [3.8, 4) is 0 Å². The van der Waals surface area contributed by atoms with Gasteiger partial charge in [0.1, 0.15) is 18.4 Å². The van der Waals surface area contributed by atoms with Gasteiger partial charge in [-0.3, -0.25) is 9.59 Å². The van der Waals surface area contributed by atoms with E-state index in [0.29, 0.717) is 60.3 Å². The highest BCUT2D eigenvalue weighted by Crippen LogP contribution is 2.71. The maximum atomic E-state index is 14.3. The van der Waals surface area contributed by atoms with Crippen LogP contribution in [-0.4, -0.2) is 69.2 Å². The largest absolute Gasteiger partial charge is 0.393 e. The van der Waals surface area contributed by atoms with Crippen LogP contribution in [0.4, 0.5) is 0 Å². The van der Waals surface area contributed by atoms with Crippen LogP contribution in [0.2, 0.25) is 0 Å². The average Bonchev–Trinajstić information content (AvgIpc) is 4.05. The second kappa shape index (κ2) is 16.1. The van der Waals surface area contributed by atoms with E-state index in [1.54, 1.807) is 7.11 Å². The minimum atomic E-state index is -0.421. The van der Waals surface area contributed by atoms with Crippen LogP contribution in [0.25, 0.3) is 0 Å². The van der Waals surface area contributed by atoms with Crippen molar-refractivity contribution in [2.24, 2.45) is 79.8 Å². The topological polar surface area (TPSA) is 91.3 Å². The Hall–Kier alpha value is -0.860. The van der Waals surface area contributed by atoms with Crippen LogP contribution in [0.3, 0.4) is 0 Å². The van der Waals surface area contributed by atoms with E-state index >= 15 is 0 Å². The molecule has 0 aliphatic heterocycles. The van der Waals surface area contributed by atoms with Gasteiger partial charge in [-0.1, -0.05) is 81.1 Å². The zero-order valence-corrected chi connectivity index (χ0v) is 38.3. The Balaban J connectivity index is 0.000000175. The fraction of sp³-hybridized carbons (Fsp3) is 0.960. The molecule has 7 heteroatoms. The van der Waals surface area contributed by atoms with Crippen LogP contribution in [0.15, 0.2) is 0 Å². The normalized spacial score (nSPS) is 51.6. The fourth-order valence-electron chi connectivity index (χ4n) is 17.2. The quantitative estimate of drug-likeness (QED) is 0.257. The molecule has 0 amide bonds. The summed E-state index contributed by atoms with van der Waals surface area (Å²) in [5.74, 6) is 3.76. The molecule has 8 fully saturated rings. The summed E-state index contributed by atoms with van der Waals surface area (Å²) in [5, 5.41) is 11.7. The highest BCUT2D eigenvalue weighted by Gasteiger charge is 2.70. The Morgan fingerprint density at radius 1 is 0.579 bits per heavy atom. The summed E-state index contributed by atoms with van der Waals surface area (Å²) < 4.78 is 24.0. The average molecular weight is 797 g/mol. The number of aliphatic hydroxyl groups excluding tert-OH is 1. The third-order valence-corrected chi connectivity index (χ3v) is 21.1. The van der Waals surface area contributed by atoms with Crippen molar-refractivity contribution < 1.29 is 33.6 Å². The number of ether oxygens (including phenoxy) is 4. The van der Waals surface area contributed by atoms with Crippen LogP contribution in [-0.2, 0) is 28.5 Å². The second-order valence-corrected chi connectivity index (χ2v) is 22.6. The van der Waals surface area contributed by atoms with E-state index in [-0.39, 0.29) is 62.6 Å². The van der Waals surface area contributed by atoms with Gasteiger partial charge in [-0.05, 0) is 136 Å². The third kappa shape index (κ3) is 6.47. The Morgan fingerprint density at radius 3 is 1.42 bits per heavy atom. The molecule has 0 aromatic heterocycles. The minimum absolute atomic E-state index is 0.0111. The smallest absolute Gasteiger partial charge is 0.146 e. The molecular formula is C50H84O7. The summed E-state index contributed by atoms with van der Waals surface area (Å²) in [6, 6.07) is 0. The summed E-state index contributed by atoms with van der Waals surface area (Å²) >= 11 is 0. The molecule has 326 valence electrons. The Morgan fingerprint density at radius 2 is 0.982 bits per heavy atom. The second-order valence-electron chi connectivity index (χ2n) is 22.6. The van der Waals surface area contributed by atoms with Gasteiger partial charge in [-0.15, -0.1) is 0 Å². The maximum absolute atomic E-state index is 14.3. The van der Waals surface area contributed by atoms with E-state index in [1.807, 2.05) is 14.2 Å². The number of methoxy groups -OCH3 is 3. The van der Waals surface area contributed by atoms with Crippen molar-refractivity contribution in [1.29, 1.82) is 0 Å². The number of carbonyl (C=O) groups excluding carboxylic acids is 2. The van der Waals surface area contributed by atoms with Crippen LogP contribution < -0.4 is 0 Å². The summed E-state index contributed by atoms with van der Waals surface area (Å²) in [4.78, 5) is 28.3. The predicted molar refractivity (Wildman–Crippen MR) is 225 cm³/mol. The van der Waals surface area contributed by atoms with E-state index < -0.39 is 6.10 Å². The monoisotopic (exact) mass is 797 g/mol. The molecule has 8 aliphatic carbocycles. The standard InChI is InChI=1S/C26H44O4.C24H40O3/c1-17-11-13-26-14-12-20(29-6)22(26)25(17,4)21(30-16-28-5)15-24(3,23(27)18(26)2)19-9-7-8-10-19;1-15-10-12-24-13-11-18(27-5)20(24)23(15,4)19(25)14-22(3,21(26)16(24)2)17-8-6-7-9-17/h17-22H,7-16H2,1-6H3;15-20,25H,6-14H2,1-5H3/t17-,18+,20-,21-,22?,24+,25+,26?;15-,16+,18-,19-,20?,22+,23+,24?/m11/s1. The zero-order valence-electron chi connectivity index (χ0n) is 38.3. The molecule has 4 bridgehead atoms. The van der Waals surface area contributed by atoms with Crippen LogP contribution >= 0.6 is 0 Å². The van der Waals surface area contributed by atoms with Crippen molar-refractivity contribution in [2.75, 3.05) is 28.1 Å². The fourth-order valence-corrected chi connectivity index (χ4v) is 17.2. The molecule has 0 aromatic carbocycles. The lowest BCUT2D eigenvalue weighted by Gasteiger charge is -2.62. The lowest BCUT2D eigenvalue weighted by molar-refractivity contribution is -0.222. The Kier molecular flexibility index (Phi) is 12.5. The minimum Gasteiger partial charge on any atom is -0.393 e. The van der Waals surface area contributed by atoms with Gasteiger partial charge in [0.25, 0.3) is 0 Å². The predicted octanol–water partition coefficient (Wildman–Crippen LogP) is 10.6. The number of rotatable bonds is 7. The summed E-state index contributed by atoms with van der Waals surface area (Å²) in [6.45, 7) is 18.8. The van der Waals surface area contributed by atoms with E-state index in [4.69, 9.17) is 18.9 Å². The van der Waals surface area contributed by atoms with Crippen molar-refractivity contribution in [3.63, 3.8) is 0 Å². The first kappa shape index (κ1) is 44.2. The molecule has 1 N–H and O–H groups in total. The summed E-state index contributed by atoms with van der Waals surface area (Å²) in [6.07, 6.45) is 20.0. The number of hydrogen-bond acceptors (Lipinski definition) is 7. The number of ketones is 2. The molecule has 16 atom stereocenters. The van der Waals surface area contributed by atoms with Gasteiger partial charge in [0.15, 0.2) is 0 Å². The molecule has 8 aliphatic rings. The van der Waals surface area contributed by atoms with Gasteiger partial charge in [0, 0.05) is 54.8 Å². The number of hydrogen-bond donors (Lipinski definition) is 1. The van der Waals surface area contributed by atoms with Crippen LogP contribution in [0.1, 0.15) is 171 Å². The number of aliphatic hydroxyl groups is 1. The van der Waals surface area contributed by atoms with Crippen molar-refractivity contribution >= 4 is 11.6 Å². The lowest BCUT2D eigenvalue weighted by atomic mass is 9.43. The van der Waals surface area contributed by atoms with Crippen molar-refractivity contribution in [1.82, 2.24) is 0 Å². The Labute approximate surface area is 347 Å². The van der Waals surface area contributed by atoms with Gasteiger partial charge >= 0.3 is 0 Å². The lowest BCUT2D eigenvalue weighted by Crippen LogP contribution is -2.63. The zero-order chi connectivity index (χ0) is 41.3. The van der Waals surface area contributed by atoms with E-state index in [0.717, 1.165) is 64.2 Å². The molecule has 8 saturated carbocycles. The van der Waals surface area contributed by atoms with E-state index in [2.05, 4.69) is 55.4 Å². The van der Waals surface area contributed by atoms with Gasteiger partial charge in [-0.25, -0.2) is 0 Å². The molecule has 0 spiro atoms. The van der Waals surface area contributed by atoms with Gasteiger partial charge in [0.05, 0.1) is 24.4 Å². The first-order chi connectivity index (χ1) is 27.0. The molecule has 7 nitrogen and oxygen atoms in total. The first-order valence-electron chi connectivity index (χ1n) is 23.9. The van der Waals surface area contributed by atoms with Crippen LogP contribution in [0.5, 0.6) is 0 Å². The molecule has 0 aromatic rings. The number of carbonyl (C=O) groups is 2. The highest BCUT2D eigenvalue weighted by atomic mass is 16.7. The van der Waals surface area contributed by atoms with Gasteiger partial charge in [-0.2, -0.15) is 0 Å². The molecule has 57 heavy (non-hydrogen) atoms. The molecule has 0 heterocycles. The van der Waals surface area contributed by atoms with Crippen molar-refractivity contribution in [2.45, 2.75) is 195 Å². The summed E-state index contributed by atoms with van der Waals surface area (Å²) in [7, 11) is 5.40. The number of Topliss-reactive ketones (excluding diaryl/α,β-unsaturated/α-hetero) is 2. The third-order valence-electron chi connectivity index (χ3n) is 21.1. The van der Waals surface area contributed by atoms with Gasteiger partial charge in [0.2, 0.25) is 0 Å². The molecule has 0 saturated heterocycles. The Bertz CT molecular complexity index is 1450. The summed E-state index contributed by atoms with van der Waals surface area (Å²) in [5.41, 5.74) is -0.770. The van der Waals surface area contributed by atoms with Crippen LogP contribution in [0, 0.1) is 79.8 Å². The molecule has 4 unspecified atom stereocenters. The van der Waals surface area contributed by atoms with E-state index in [1.165, 1.54) is 44.9 Å². The SMILES string of the molecule is COCO[C@@H]1C[C@@](C)(C2CCCC2)C(=O)[C@H](C)C23CC[C@@H](C)[C@]1(C)C2[C@H](OC)CC3.CO[C@@H]1CCC23CC[C@@H](C)[C@](C)(C12)[C@H](O)C[C@@](C)(C1CCCC1)C(=O)[C@@H]3C. The maximum Gasteiger partial charge on any atom is 0.146 e. The molecule has 0 radical (unpaired) electrons. The molecule has 8 rings (SSSR count). The van der Waals surface area contributed by atoms with E-state index in [9.17, 15) is 14.7 Å². The first-order valence-corrected chi connectivity index (χ1v) is 23.9. The highest BCUT2D eigenvalue weighted by molar-refractivity contribution is 5.88. The van der Waals surface area contributed by atoms with Crippen molar-refractivity contribution in [3.05, 3.63) is 0 Å². The molecular weight excluding hydrogens is 713 g/mol.